The molecule has 0 aliphatic carbocycles. The highest BCUT2D eigenvalue weighted by Gasteiger charge is 2.52. The molecule has 2 N–H and O–H groups in total. The standard InChI is InChI=1S/C19H26BNO5/c1-13(22)21-12-16(20-25-18(2,3)19(4,5)26-20)10-14-6-8-15(9-7-14)11-17(23)24/h6-10H,11-12H2,1-5H3,(H,21,22)(H,23,24). The fourth-order valence-corrected chi connectivity index (χ4v) is 2.54. The van der Waals surface area contributed by atoms with Crippen LogP contribution < -0.4 is 5.32 Å². The molecule has 0 atom stereocenters. The minimum Gasteiger partial charge on any atom is -0.481 e. The van der Waals surface area contributed by atoms with E-state index in [4.69, 9.17) is 14.4 Å². The molecule has 1 saturated heterocycles. The Hall–Kier alpha value is -2.12. The molecular formula is C19H26BNO5. The van der Waals surface area contributed by atoms with Crippen LogP contribution in [0, 0.1) is 0 Å². The predicted molar refractivity (Wildman–Crippen MR) is 101 cm³/mol. The van der Waals surface area contributed by atoms with Gasteiger partial charge in [0.25, 0.3) is 0 Å². The molecule has 0 aromatic heterocycles. The summed E-state index contributed by atoms with van der Waals surface area (Å²) in [6.07, 6.45) is 1.89. The molecule has 0 bridgehead atoms. The second-order valence-corrected chi connectivity index (χ2v) is 7.53. The van der Waals surface area contributed by atoms with E-state index in [1.807, 2.05) is 45.9 Å². The molecule has 1 aliphatic rings. The molecule has 7 heteroatoms. The lowest BCUT2D eigenvalue weighted by Crippen LogP contribution is -2.41. The fraction of sp³-hybridized carbons (Fsp3) is 0.474. The molecule has 6 nitrogen and oxygen atoms in total. The topological polar surface area (TPSA) is 84.9 Å². The normalized spacial score (nSPS) is 18.7. The van der Waals surface area contributed by atoms with Crippen LogP contribution in [-0.2, 0) is 25.3 Å². The number of hydrogen-bond acceptors (Lipinski definition) is 4. The van der Waals surface area contributed by atoms with Gasteiger partial charge in [0.05, 0.1) is 17.6 Å². The number of hydrogen-bond donors (Lipinski definition) is 2. The number of carboxylic acids is 1. The Morgan fingerprint density at radius 2 is 1.65 bits per heavy atom. The van der Waals surface area contributed by atoms with Crippen molar-refractivity contribution in [3.8, 4) is 0 Å². The molecule has 1 heterocycles. The van der Waals surface area contributed by atoms with Crippen LogP contribution in [0.4, 0.5) is 0 Å². The Morgan fingerprint density at radius 1 is 1.12 bits per heavy atom. The number of nitrogens with one attached hydrogen (secondary N) is 1. The van der Waals surface area contributed by atoms with Crippen molar-refractivity contribution in [2.75, 3.05) is 6.54 Å². The Morgan fingerprint density at radius 3 is 2.12 bits per heavy atom. The van der Waals surface area contributed by atoms with E-state index < -0.39 is 24.3 Å². The summed E-state index contributed by atoms with van der Waals surface area (Å²) in [4.78, 5) is 22.1. The predicted octanol–water partition coefficient (Wildman–Crippen LogP) is 2.46. The molecule has 0 spiro atoms. The van der Waals surface area contributed by atoms with Crippen molar-refractivity contribution in [3.05, 3.63) is 40.9 Å². The molecule has 26 heavy (non-hydrogen) atoms. The van der Waals surface area contributed by atoms with Gasteiger partial charge in [-0.25, -0.2) is 0 Å². The number of carbonyl (C=O) groups excluding carboxylic acids is 1. The third kappa shape index (κ3) is 4.96. The quantitative estimate of drug-likeness (QED) is 0.763. The van der Waals surface area contributed by atoms with Crippen molar-refractivity contribution >= 4 is 25.1 Å². The van der Waals surface area contributed by atoms with E-state index in [9.17, 15) is 9.59 Å². The van der Waals surface area contributed by atoms with Crippen LogP contribution in [0.15, 0.2) is 29.7 Å². The summed E-state index contributed by atoms with van der Waals surface area (Å²) in [5.41, 5.74) is 1.46. The van der Waals surface area contributed by atoms with Crippen molar-refractivity contribution in [1.82, 2.24) is 5.32 Å². The van der Waals surface area contributed by atoms with Crippen LogP contribution in [0.25, 0.3) is 6.08 Å². The van der Waals surface area contributed by atoms with Crippen LogP contribution >= 0.6 is 0 Å². The van der Waals surface area contributed by atoms with E-state index >= 15 is 0 Å². The SMILES string of the molecule is CC(=O)NCC(=Cc1ccc(CC(=O)O)cc1)B1OC(C)(C)C(C)(C)O1. The molecule has 0 radical (unpaired) electrons. The highest BCUT2D eigenvalue weighted by Crippen LogP contribution is 2.38. The number of amides is 1. The summed E-state index contributed by atoms with van der Waals surface area (Å²) < 4.78 is 12.2. The lowest BCUT2D eigenvalue weighted by Gasteiger charge is -2.32. The molecule has 140 valence electrons. The number of rotatable bonds is 6. The van der Waals surface area contributed by atoms with Gasteiger partial charge in [-0.1, -0.05) is 30.3 Å². The molecule has 1 fully saturated rings. The molecule has 1 aromatic carbocycles. The maximum absolute atomic E-state index is 11.3. The molecule has 1 aliphatic heterocycles. The summed E-state index contributed by atoms with van der Waals surface area (Å²) in [7, 11) is -0.564. The van der Waals surface area contributed by atoms with Gasteiger partial charge < -0.3 is 19.7 Å². The first-order valence-electron chi connectivity index (χ1n) is 8.61. The van der Waals surface area contributed by atoms with Gasteiger partial charge in [0.2, 0.25) is 5.91 Å². The summed E-state index contributed by atoms with van der Waals surface area (Å²) in [6, 6.07) is 7.25. The Labute approximate surface area is 154 Å². The van der Waals surface area contributed by atoms with E-state index in [0.717, 1.165) is 16.6 Å². The fourth-order valence-electron chi connectivity index (χ4n) is 2.54. The smallest absolute Gasteiger partial charge is 0.481 e. The zero-order chi connectivity index (χ0) is 19.5. The van der Waals surface area contributed by atoms with Crippen LogP contribution in [0.1, 0.15) is 45.7 Å². The first-order valence-corrected chi connectivity index (χ1v) is 8.61. The maximum atomic E-state index is 11.3. The van der Waals surface area contributed by atoms with E-state index in [1.54, 1.807) is 12.1 Å². The maximum Gasteiger partial charge on any atom is 0.492 e. The lowest BCUT2D eigenvalue weighted by atomic mass is 9.77. The summed E-state index contributed by atoms with van der Waals surface area (Å²) in [5, 5.41) is 11.7. The second-order valence-electron chi connectivity index (χ2n) is 7.53. The largest absolute Gasteiger partial charge is 0.492 e. The molecule has 2 rings (SSSR count). The first-order chi connectivity index (χ1) is 12.0. The van der Waals surface area contributed by atoms with Crippen LogP contribution in [0.2, 0.25) is 0 Å². The monoisotopic (exact) mass is 359 g/mol. The Balaban J connectivity index is 2.25. The molecule has 1 aromatic rings. The number of benzene rings is 1. The van der Waals surface area contributed by atoms with Gasteiger partial charge in [0, 0.05) is 13.5 Å². The average molecular weight is 359 g/mol. The van der Waals surface area contributed by atoms with E-state index in [-0.39, 0.29) is 12.3 Å². The third-order valence-corrected chi connectivity index (χ3v) is 4.78. The second kappa shape index (κ2) is 7.64. The van der Waals surface area contributed by atoms with Crippen LogP contribution in [-0.4, -0.2) is 41.8 Å². The first kappa shape index (κ1) is 20.2. The van der Waals surface area contributed by atoms with Crippen molar-refractivity contribution in [3.63, 3.8) is 0 Å². The molecule has 0 saturated carbocycles. The third-order valence-electron chi connectivity index (χ3n) is 4.78. The Kier molecular flexibility index (Phi) is 5.93. The number of carbonyl (C=O) groups is 2. The molecule has 1 amide bonds. The van der Waals surface area contributed by atoms with Gasteiger partial charge in [-0.2, -0.15) is 0 Å². The highest BCUT2D eigenvalue weighted by atomic mass is 16.7. The van der Waals surface area contributed by atoms with Gasteiger partial charge in [-0.15, -0.1) is 0 Å². The Bertz CT molecular complexity index is 693. The van der Waals surface area contributed by atoms with Gasteiger partial charge in [0.15, 0.2) is 0 Å². The minimum atomic E-state index is -0.864. The lowest BCUT2D eigenvalue weighted by molar-refractivity contribution is -0.136. The van der Waals surface area contributed by atoms with E-state index in [0.29, 0.717) is 6.54 Å². The molecular weight excluding hydrogens is 333 g/mol. The zero-order valence-electron chi connectivity index (χ0n) is 16.0. The number of carboxylic acid groups (broad SMARTS) is 1. The zero-order valence-corrected chi connectivity index (χ0v) is 16.0. The minimum absolute atomic E-state index is 0.0139. The van der Waals surface area contributed by atoms with E-state index in [2.05, 4.69) is 5.32 Å². The van der Waals surface area contributed by atoms with E-state index in [1.165, 1.54) is 6.92 Å². The summed E-state index contributed by atoms with van der Waals surface area (Å²) >= 11 is 0. The van der Waals surface area contributed by atoms with Crippen molar-refractivity contribution in [2.24, 2.45) is 0 Å². The van der Waals surface area contributed by atoms with Crippen LogP contribution in [0.3, 0.4) is 0 Å². The van der Waals surface area contributed by atoms with Crippen molar-refractivity contribution in [2.45, 2.75) is 52.2 Å². The van der Waals surface area contributed by atoms with Crippen molar-refractivity contribution in [1.29, 1.82) is 0 Å². The highest BCUT2D eigenvalue weighted by molar-refractivity contribution is 6.56. The number of aliphatic carboxylic acids is 1. The van der Waals surface area contributed by atoms with Gasteiger partial charge in [-0.05, 0) is 44.3 Å². The summed E-state index contributed by atoms with van der Waals surface area (Å²) in [5.74, 6) is -0.999. The summed E-state index contributed by atoms with van der Waals surface area (Å²) in [6.45, 7) is 9.67. The van der Waals surface area contributed by atoms with Gasteiger partial charge >= 0.3 is 13.1 Å². The average Bonchev–Trinajstić information content (AvgIpc) is 2.72. The van der Waals surface area contributed by atoms with Gasteiger partial charge in [-0.3, -0.25) is 9.59 Å². The molecule has 0 unspecified atom stereocenters. The van der Waals surface area contributed by atoms with Crippen LogP contribution in [0.5, 0.6) is 0 Å². The van der Waals surface area contributed by atoms with Gasteiger partial charge in [0.1, 0.15) is 0 Å². The van der Waals surface area contributed by atoms with Crippen molar-refractivity contribution < 1.29 is 24.0 Å².